The molecule has 8 nitrogen and oxygen atoms in total. The molecule has 2 aromatic rings. The Bertz CT molecular complexity index is 1100. The standard InChI is InChI=1S/C21H26BrNO7S/c1-21(2,3)30-20(24)23-10-13(11-29-31(5,25)26)16-14-8-6-7-9-15(14)19(28-12-27-4)17(22)18(16)23/h6-9,13H,10-12H2,1-5H3/t13-/m1/s1. The van der Waals surface area contributed by atoms with E-state index in [1.165, 1.54) is 12.0 Å². The number of halogens is 1. The lowest BCUT2D eigenvalue weighted by atomic mass is 9.95. The van der Waals surface area contributed by atoms with E-state index in [1.54, 1.807) is 20.8 Å². The fourth-order valence-electron chi connectivity index (χ4n) is 3.55. The molecule has 3 rings (SSSR count). The number of benzene rings is 2. The maximum Gasteiger partial charge on any atom is 0.414 e. The summed E-state index contributed by atoms with van der Waals surface area (Å²) in [7, 11) is -2.13. The van der Waals surface area contributed by atoms with E-state index in [0.717, 1.165) is 22.6 Å². The number of carbonyl (C=O) groups excluding carboxylic acids is 1. The number of nitrogens with zero attached hydrogens (tertiary/aromatic N) is 1. The third-order valence-electron chi connectivity index (χ3n) is 4.62. The van der Waals surface area contributed by atoms with Crippen LogP contribution in [0.3, 0.4) is 0 Å². The number of fused-ring (bicyclic) bond motifs is 3. The Balaban J connectivity index is 2.20. The molecule has 0 spiro atoms. The van der Waals surface area contributed by atoms with Crippen molar-refractivity contribution >= 4 is 48.6 Å². The normalized spacial score (nSPS) is 16.5. The van der Waals surface area contributed by atoms with Crippen molar-refractivity contribution in [1.82, 2.24) is 0 Å². The topological polar surface area (TPSA) is 91.4 Å². The quantitative estimate of drug-likeness (QED) is 0.415. The largest absolute Gasteiger partial charge is 0.466 e. The van der Waals surface area contributed by atoms with Gasteiger partial charge in [0.25, 0.3) is 10.1 Å². The van der Waals surface area contributed by atoms with Crippen LogP contribution in [0.4, 0.5) is 10.5 Å². The van der Waals surface area contributed by atoms with Crippen molar-refractivity contribution in [3.05, 3.63) is 34.3 Å². The maximum absolute atomic E-state index is 13.0. The van der Waals surface area contributed by atoms with E-state index in [9.17, 15) is 13.2 Å². The number of carbonyl (C=O) groups is 1. The van der Waals surface area contributed by atoms with Crippen LogP contribution in [0, 0.1) is 0 Å². The molecule has 2 aromatic carbocycles. The van der Waals surface area contributed by atoms with Crippen LogP contribution in [0.25, 0.3) is 10.8 Å². The van der Waals surface area contributed by atoms with Crippen molar-refractivity contribution in [3.63, 3.8) is 0 Å². The highest BCUT2D eigenvalue weighted by atomic mass is 79.9. The molecule has 0 fully saturated rings. The van der Waals surface area contributed by atoms with Crippen molar-refractivity contribution < 1.29 is 31.6 Å². The summed E-state index contributed by atoms with van der Waals surface area (Å²) < 4.78 is 45.4. The molecule has 1 heterocycles. The van der Waals surface area contributed by atoms with Gasteiger partial charge in [0.05, 0.1) is 23.0 Å². The summed E-state index contributed by atoms with van der Waals surface area (Å²) in [5.74, 6) is 0.143. The van der Waals surface area contributed by atoms with Crippen LogP contribution in [0.2, 0.25) is 0 Å². The average molecular weight is 516 g/mol. The summed E-state index contributed by atoms with van der Waals surface area (Å²) in [6.45, 7) is 5.49. The van der Waals surface area contributed by atoms with Gasteiger partial charge in [-0.05, 0) is 47.7 Å². The monoisotopic (exact) mass is 515 g/mol. The van der Waals surface area contributed by atoms with E-state index in [-0.39, 0.29) is 25.9 Å². The molecule has 31 heavy (non-hydrogen) atoms. The number of amides is 1. The summed E-state index contributed by atoms with van der Waals surface area (Å²) in [5, 5.41) is 1.64. The Kier molecular flexibility index (Phi) is 6.85. The SMILES string of the molecule is COCOc1c(Br)c2c(c3ccccc13)[C@@H](COS(C)(=O)=O)CN2C(=O)OC(C)(C)C. The molecule has 10 heteroatoms. The zero-order valence-electron chi connectivity index (χ0n) is 18.1. The molecule has 0 bridgehead atoms. The number of hydrogen-bond acceptors (Lipinski definition) is 7. The smallest absolute Gasteiger partial charge is 0.414 e. The summed E-state index contributed by atoms with van der Waals surface area (Å²) >= 11 is 3.60. The van der Waals surface area contributed by atoms with Crippen LogP contribution in [-0.4, -0.2) is 53.4 Å². The minimum atomic E-state index is -3.65. The molecule has 0 aromatic heterocycles. The first-order valence-electron chi connectivity index (χ1n) is 9.63. The third-order valence-corrected chi connectivity index (χ3v) is 5.92. The second-order valence-electron chi connectivity index (χ2n) is 8.28. The van der Waals surface area contributed by atoms with Gasteiger partial charge in [0, 0.05) is 25.0 Å². The highest BCUT2D eigenvalue weighted by molar-refractivity contribution is 9.10. The lowest BCUT2D eigenvalue weighted by Gasteiger charge is -2.26. The van der Waals surface area contributed by atoms with Crippen LogP contribution in [0.15, 0.2) is 28.7 Å². The Morgan fingerprint density at radius 1 is 1.23 bits per heavy atom. The summed E-state index contributed by atoms with van der Waals surface area (Å²) in [5.41, 5.74) is 0.667. The summed E-state index contributed by atoms with van der Waals surface area (Å²) in [4.78, 5) is 14.5. The molecular weight excluding hydrogens is 490 g/mol. The predicted octanol–water partition coefficient (Wildman–Crippen LogP) is 4.40. The lowest BCUT2D eigenvalue weighted by molar-refractivity contribution is 0.0517. The third kappa shape index (κ3) is 5.31. The van der Waals surface area contributed by atoms with E-state index in [1.807, 2.05) is 24.3 Å². The van der Waals surface area contributed by atoms with Crippen LogP contribution in [0.1, 0.15) is 32.3 Å². The van der Waals surface area contributed by atoms with E-state index in [4.69, 9.17) is 18.4 Å². The van der Waals surface area contributed by atoms with Gasteiger partial charge >= 0.3 is 6.09 Å². The molecule has 0 unspecified atom stereocenters. The Morgan fingerprint density at radius 2 is 1.87 bits per heavy atom. The molecule has 0 N–H and O–H groups in total. The van der Waals surface area contributed by atoms with Gasteiger partial charge in [0.2, 0.25) is 0 Å². The molecule has 1 atom stereocenters. The van der Waals surface area contributed by atoms with Gasteiger partial charge in [-0.15, -0.1) is 0 Å². The molecule has 1 aliphatic heterocycles. The molecule has 0 radical (unpaired) electrons. The maximum atomic E-state index is 13.0. The number of methoxy groups -OCH3 is 1. The van der Waals surface area contributed by atoms with Crippen molar-refractivity contribution in [2.45, 2.75) is 32.3 Å². The van der Waals surface area contributed by atoms with Crippen molar-refractivity contribution in [1.29, 1.82) is 0 Å². The second-order valence-corrected chi connectivity index (χ2v) is 10.7. The van der Waals surface area contributed by atoms with Crippen LogP contribution >= 0.6 is 15.9 Å². The molecule has 1 aliphatic rings. The summed E-state index contributed by atoms with van der Waals surface area (Å²) in [6, 6.07) is 7.56. The fraction of sp³-hybridized carbons (Fsp3) is 0.476. The van der Waals surface area contributed by atoms with Gasteiger partial charge in [-0.25, -0.2) is 4.79 Å². The van der Waals surface area contributed by atoms with Crippen molar-refractivity contribution in [2.24, 2.45) is 0 Å². The van der Waals surface area contributed by atoms with Crippen LogP contribution in [-0.2, 0) is 23.8 Å². The number of rotatable bonds is 6. The highest BCUT2D eigenvalue weighted by Crippen LogP contribution is 2.51. The van der Waals surface area contributed by atoms with Crippen LogP contribution < -0.4 is 9.64 Å². The molecule has 1 amide bonds. The number of anilines is 1. The van der Waals surface area contributed by atoms with Gasteiger partial charge in [-0.3, -0.25) is 9.08 Å². The Labute approximate surface area is 190 Å². The zero-order chi connectivity index (χ0) is 23.0. The van der Waals surface area contributed by atoms with E-state index in [2.05, 4.69) is 15.9 Å². The average Bonchev–Trinajstić information content (AvgIpc) is 3.05. The minimum Gasteiger partial charge on any atom is -0.466 e. The van der Waals surface area contributed by atoms with E-state index in [0.29, 0.717) is 15.9 Å². The zero-order valence-corrected chi connectivity index (χ0v) is 20.5. The molecular formula is C21H26BrNO7S. The first-order chi connectivity index (χ1) is 14.4. The molecule has 0 saturated carbocycles. The van der Waals surface area contributed by atoms with Gasteiger partial charge < -0.3 is 14.2 Å². The first-order valence-corrected chi connectivity index (χ1v) is 12.2. The van der Waals surface area contributed by atoms with Gasteiger partial charge in [0.1, 0.15) is 11.4 Å². The minimum absolute atomic E-state index is 0.0223. The molecule has 170 valence electrons. The van der Waals surface area contributed by atoms with Gasteiger partial charge in [-0.1, -0.05) is 24.3 Å². The van der Waals surface area contributed by atoms with Gasteiger partial charge in [0.15, 0.2) is 6.79 Å². The van der Waals surface area contributed by atoms with E-state index < -0.39 is 21.8 Å². The summed E-state index contributed by atoms with van der Waals surface area (Å²) in [6.07, 6.45) is 0.466. The van der Waals surface area contributed by atoms with Crippen LogP contribution in [0.5, 0.6) is 5.75 Å². The molecule has 0 aliphatic carbocycles. The fourth-order valence-corrected chi connectivity index (χ4v) is 4.72. The molecule has 0 saturated heterocycles. The Hall–Kier alpha value is -1.88. The highest BCUT2D eigenvalue weighted by Gasteiger charge is 2.40. The number of ether oxygens (including phenoxy) is 3. The first kappa shape index (κ1) is 23.8. The predicted molar refractivity (Wildman–Crippen MR) is 121 cm³/mol. The lowest BCUT2D eigenvalue weighted by Crippen LogP contribution is -2.36. The Morgan fingerprint density at radius 3 is 2.45 bits per heavy atom. The van der Waals surface area contributed by atoms with Crippen molar-refractivity contribution in [2.75, 3.05) is 38.2 Å². The van der Waals surface area contributed by atoms with Gasteiger partial charge in [-0.2, -0.15) is 8.42 Å². The number of hydrogen-bond donors (Lipinski definition) is 0. The second kappa shape index (κ2) is 8.93. The van der Waals surface area contributed by atoms with Crippen molar-refractivity contribution in [3.8, 4) is 5.75 Å². The van der Waals surface area contributed by atoms with E-state index >= 15 is 0 Å².